The van der Waals surface area contributed by atoms with E-state index < -0.39 is 0 Å². The summed E-state index contributed by atoms with van der Waals surface area (Å²) in [6.45, 7) is 25.3. The molecular weight excluding hydrogens is 920 g/mol. The van der Waals surface area contributed by atoms with Crippen molar-refractivity contribution in [2.24, 2.45) is 0 Å². The van der Waals surface area contributed by atoms with Gasteiger partial charge in [-0.25, -0.2) is 0 Å². The van der Waals surface area contributed by atoms with E-state index in [1.807, 2.05) is 38.1 Å². The first-order valence-corrected chi connectivity index (χ1v) is 25.4. The van der Waals surface area contributed by atoms with Crippen molar-refractivity contribution >= 4 is 52.6 Å². The third kappa shape index (κ3) is 13.2. The molecule has 344 valence electrons. The standard InChI is InChI=1S/2C20H15.2C11H16O.C2H6Si.Zr/c2*1-14-12-16-8-5-11-19(20(16)13-14)18-10-4-7-15-6-2-3-9-17(15)18;2*1-8-5-6-10(12)9(7-8)11(2,3)4;1-3-2;/h2*2-13H,1H3;2*5-7,12H,1-4H3;1-2H3;/q2*-1;;;;+2. The van der Waals surface area contributed by atoms with E-state index in [1.54, 1.807) is 12.1 Å². The van der Waals surface area contributed by atoms with Gasteiger partial charge in [-0.05, 0) is 80.6 Å². The van der Waals surface area contributed by atoms with Gasteiger partial charge in [0.15, 0.2) is 0 Å². The van der Waals surface area contributed by atoms with Crippen LogP contribution in [0.25, 0.3) is 65.3 Å². The van der Waals surface area contributed by atoms with Gasteiger partial charge < -0.3 is 10.2 Å². The smallest absolute Gasteiger partial charge is 0.508 e. The summed E-state index contributed by atoms with van der Waals surface area (Å²) in [7, 11) is 1.08. The summed E-state index contributed by atoms with van der Waals surface area (Å²) < 4.78 is 0. The van der Waals surface area contributed by atoms with Gasteiger partial charge in [-0.2, -0.15) is 12.1 Å². The normalized spacial score (nSPS) is 11.0. The molecule has 0 saturated carbocycles. The number of fused-ring (bicyclic) bond motifs is 4. The number of aryl methyl sites for hydroxylation is 4. The zero-order chi connectivity index (χ0) is 48.5. The van der Waals surface area contributed by atoms with Gasteiger partial charge in [0.1, 0.15) is 11.5 Å². The summed E-state index contributed by atoms with van der Waals surface area (Å²) in [4.78, 5) is 0. The van der Waals surface area contributed by atoms with Crippen LogP contribution in [0.4, 0.5) is 0 Å². The van der Waals surface area contributed by atoms with Crippen molar-refractivity contribution in [3.05, 3.63) is 215 Å². The van der Waals surface area contributed by atoms with E-state index >= 15 is 0 Å². The Balaban J connectivity index is 0.000000170. The first kappa shape index (κ1) is 53.2. The fourth-order valence-electron chi connectivity index (χ4n) is 8.66. The maximum Gasteiger partial charge on any atom is 2.00 e. The fourth-order valence-corrected chi connectivity index (χ4v) is 8.66. The zero-order valence-electron chi connectivity index (χ0n) is 42.2. The van der Waals surface area contributed by atoms with E-state index in [2.05, 4.69) is 214 Å². The Bertz CT molecular complexity index is 3000. The average Bonchev–Trinajstić information content (AvgIpc) is 3.89. The van der Waals surface area contributed by atoms with Crippen LogP contribution in [0, 0.1) is 27.7 Å². The second-order valence-electron chi connectivity index (χ2n) is 19.8. The molecule has 2 nitrogen and oxygen atoms in total. The van der Waals surface area contributed by atoms with Crippen LogP contribution in [0.5, 0.6) is 11.5 Å². The van der Waals surface area contributed by atoms with Crippen molar-refractivity contribution < 1.29 is 36.4 Å². The average molecular weight is 989 g/mol. The van der Waals surface area contributed by atoms with Gasteiger partial charge in [0.05, 0.1) is 0 Å². The van der Waals surface area contributed by atoms with Crippen LogP contribution in [-0.4, -0.2) is 19.7 Å². The molecule has 0 spiro atoms. The second-order valence-corrected chi connectivity index (χ2v) is 20.8. The first-order chi connectivity index (χ1) is 31.9. The third-order valence-electron chi connectivity index (χ3n) is 11.9. The van der Waals surface area contributed by atoms with E-state index in [1.165, 1.54) is 87.6 Å². The van der Waals surface area contributed by atoms with Crippen LogP contribution >= 0.6 is 0 Å². The number of phenolic OH excluding ortho intramolecular Hbond substituents is 2. The molecule has 10 aromatic carbocycles. The number of aromatic hydroxyl groups is 2. The summed E-state index contributed by atoms with van der Waals surface area (Å²) in [5.41, 5.74) is 12.4. The molecular formula is C64H68O2SiZr. The Hall–Kier alpha value is -5.80. The number of rotatable bonds is 2. The summed E-state index contributed by atoms with van der Waals surface area (Å²) in [6, 6.07) is 63.9. The van der Waals surface area contributed by atoms with Crippen molar-refractivity contribution in [3.8, 4) is 33.8 Å². The molecule has 0 saturated heterocycles. The first-order valence-electron chi connectivity index (χ1n) is 23.4. The summed E-state index contributed by atoms with van der Waals surface area (Å²) in [5.74, 6) is 0.793. The molecule has 0 aromatic heterocycles. The molecule has 0 bridgehead atoms. The Morgan fingerprint density at radius 1 is 0.382 bits per heavy atom. The van der Waals surface area contributed by atoms with E-state index in [9.17, 15) is 10.2 Å². The van der Waals surface area contributed by atoms with E-state index in [4.69, 9.17) is 0 Å². The minimum Gasteiger partial charge on any atom is -0.508 e. The molecule has 0 amide bonds. The van der Waals surface area contributed by atoms with Crippen molar-refractivity contribution in [3.63, 3.8) is 0 Å². The zero-order valence-corrected chi connectivity index (χ0v) is 45.7. The minimum absolute atomic E-state index is 0. The van der Waals surface area contributed by atoms with E-state index in [-0.39, 0.29) is 37.0 Å². The molecule has 0 unspecified atom stereocenters. The topological polar surface area (TPSA) is 40.5 Å². The van der Waals surface area contributed by atoms with Crippen LogP contribution in [0.15, 0.2) is 182 Å². The molecule has 0 atom stereocenters. The molecule has 0 fully saturated rings. The number of hydrogen-bond donors (Lipinski definition) is 2. The van der Waals surface area contributed by atoms with Crippen molar-refractivity contribution in [2.45, 2.75) is 93.2 Å². The van der Waals surface area contributed by atoms with Crippen LogP contribution < -0.4 is 0 Å². The molecule has 4 heteroatoms. The van der Waals surface area contributed by atoms with Crippen molar-refractivity contribution in [1.82, 2.24) is 0 Å². The minimum atomic E-state index is 0. The van der Waals surface area contributed by atoms with Crippen LogP contribution in [0.1, 0.15) is 74.9 Å². The maximum atomic E-state index is 9.57. The summed E-state index contributed by atoms with van der Waals surface area (Å²) in [5, 5.41) is 29.7. The molecule has 0 heterocycles. The van der Waals surface area contributed by atoms with Crippen LogP contribution in [0.3, 0.4) is 0 Å². The Kier molecular flexibility index (Phi) is 18.4. The maximum absolute atomic E-state index is 9.57. The van der Waals surface area contributed by atoms with Gasteiger partial charge in [-0.1, -0.05) is 212 Å². The quantitative estimate of drug-likeness (QED) is 0.134. The molecule has 10 aromatic rings. The van der Waals surface area contributed by atoms with E-state index in [0.29, 0.717) is 11.5 Å². The molecule has 2 N–H and O–H groups in total. The largest absolute Gasteiger partial charge is 2.00 e. The molecule has 0 aliphatic carbocycles. The SMILES string of the molecule is C[Si]C.Cc1cc2c(-c3cccc4ccccc34)cccc2[cH-]1.Cc1cc2c(-c3cccc4ccccc34)cccc2[cH-]1.Cc1ccc(O)c(C(C)(C)C)c1.Cc1ccc(O)c(C(C)(C)C)c1.[Zr+2]. The predicted molar refractivity (Wildman–Crippen MR) is 295 cm³/mol. The van der Waals surface area contributed by atoms with Crippen molar-refractivity contribution in [2.75, 3.05) is 0 Å². The van der Waals surface area contributed by atoms with Gasteiger partial charge in [-0.3, -0.25) is 0 Å². The second kappa shape index (κ2) is 23.5. The Labute approximate surface area is 428 Å². The van der Waals surface area contributed by atoms with Gasteiger partial charge in [0.2, 0.25) is 0 Å². The third-order valence-corrected chi connectivity index (χ3v) is 11.9. The van der Waals surface area contributed by atoms with Gasteiger partial charge in [-0.15, -0.1) is 69.1 Å². The molecule has 0 aliphatic rings. The van der Waals surface area contributed by atoms with E-state index in [0.717, 1.165) is 20.6 Å². The number of phenols is 2. The molecule has 68 heavy (non-hydrogen) atoms. The summed E-state index contributed by atoms with van der Waals surface area (Å²) >= 11 is 0. The Morgan fingerprint density at radius 2 is 0.691 bits per heavy atom. The van der Waals surface area contributed by atoms with Gasteiger partial charge >= 0.3 is 26.2 Å². The number of hydrogen-bond acceptors (Lipinski definition) is 2. The fraction of sp³-hybridized carbons (Fsp3) is 0.219. The van der Waals surface area contributed by atoms with Gasteiger partial charge in [0, 0.05) is 9.52 Å². The number of benzene rings is 8. The monoisotopic (exact) mass is 986 g/mol. The van der Waals surface area contributed by atoms with Crippen LogP contribution in [0.2, 0.25) is 13.1 Å². The summed E-state index contributed by atoms with van der Waals surface area (Å²) in [6.07, 6.45) is 0. The molecule has 2 radical (unpaired) electrons. The Morgan fingerprint density at radius 3 is 1.03 bits per heavy atom. The van der Waals surface area contributed by atoms with Crippen LogP contribution in [-0.2, 0) is 37.0 Å². The molecule has 0 aliphatic heterocycles. The molecule has 10 rings (SSSR count). The van der Waals surface area contributed by atoms with Crippen molar-refractivity contribution in [1.29, 1.82) is 0 Å². The van der Waals surface area contributed by atoms with Gasteiger partial charge in [0.25, 0.3) is 0 Å². The predicted octanol–water partition coefficient (Wildman–Crippen LogP) is 18.2.